The number of esters is 1. The van der Waals surface area contributed by atoms with Gasteiger partial charge in [-0.1, -0.05) is 18.2 Å². The van der Waals surface area contributed by atoms with Crippen molar-refractivity contribution in [3.63, 3.8) is 0 Å². The highest BCUT2D eigenvalue weighted by atomic mass is 16.5. The Morgan fingerprint density at radius 3 is 3.00 bits per heavy atom. The molecule has 5 heteroatoms. The quantitative estimate of drug-likeness (QED) is 0.803. The predicted octanol–water partition coefficient (Wildman–Crippen LogP) is 1.71. The van der Waals surface area contributed by atoms with Crippen LogP contribution in [0.4, 0.5) is 0 Å². The number of aromatic nitrogens is 2. The summed E-state index contributed by atoms with van der Waals surface area (Å²) in [6.45, 7) is 2.58. The van der Waals surface area contributed by atoms with Crippen molar-refractivity contribution in [3.05, 3.63) is 41.6 Å². The molecule has 1 aromatic carbocycles. The van der Waals surface area contributed by atoms with E-state index in [1.54, 1.807) is 13.0 Å². The number of rotatable bonds is 4. The van der Waals surface area contributed by atoms with Gasteiger partial charge in [-0.15, -0.1) is 0 Å². The fraction of sp³-hybridized carbons (Fsp3) is 0.231. The van der Waals surface area contributed by atoms with Gasteiger partial charge < -0.3 is 10.5 Å². The SMILES string of the molecule is CCOC(=O)c1cc(-c2cccc(CN)c2)n[nH]1. The molecule has 5 nitrogen and oxygen atoms in total. The van der Waals surface area contributed by atoms with Gasteiger partial charge in [0.05, 0.1) is 12.3 Å². The van der Waals surface area contributed by atoms with E-state index < -0.39 is 5.97 Å². The molecule has 18 heavy (non-hydrogen) atoms. The summed E-state index contributed by atoms with van der Waals surface area (Å²) < 4.78 is 4.89. The lowest BCUT2D eigenvalue weighted by molar-refractivity contribution is 0.0519. The fourth-order valence-corrected chi connectivity index (χ4v) is 1.64. The summed E-state index contributed by atoms with van der Waals surface area (Å²) in [5, 5.41) is 6.77. The fourth-order valence-electron chi connectivity index (χ4n) is 1.64. The van der Waals surface area contributed by atoms with Crippen molar-refractivity contribution in [2.24, 2.45) is 5.73 Å². The molecule has 0 aliphatic rings. The Morgan fingerprint density at radius 2 is 2.28 bits per heavy atom. The molecule has 1 aromatic heterocycles. The molecule has 0 unspecified atom stereocenters. The van der Waals surface area contributed by atoms with E-state index in [9.17, 15) is 4.79 Å². The van der Waals surface area contributed by atoms with Crippen LogP contribution in [0.15, 0.2) is 30.3 Å². The molecular weight excluding hydrogens is 230 g/mol. The van der Waals surface area contributed by atoms with Gasteiger partial charge in [-0.05, 0) is 24.6 Å². The van der Waals surface area contributed by atoms with Gasteiger partial charge in [-0.2, -0.15) is 5.10 Å². The van der Waals surface area contributed by atoms with Crippen molar-refractivity contribution < 1.29 is 9.53 Å². The number of H-pyrrole nitrogens is 1. The summed E-state index contributed by atoms with van der Waals surface area (Å²) in [4.78, 5) is 11.5. The molecule has 0 fully saturated rings. The zero-order chi connectivity index (χ0) is 13.0. The zero-order valence-electron chi connectivity index (χ0n) is 10.1. The van der Waals surface area contributed by atoms with Crippen LogP contribution in [0.3, 0.4) is 0 Å². The average molecular weight is 245 g/mol. The number of ether oxygens (including phenoxy) is 1. The average Bonchev–Trinajstić information content (AvgIpc) is 2.89. The predicted molar refractivity (Wildman–Crippen MR) is 67.9 cm³/mol. The lowest BCUT2D eigenvalue weighted by Gasteiger charge is -1.99. The van der Waals surface area contributed by atoms with Crippen LogP contribution in [0.5, 0.6) is 0 Å². The smallest absolute Gasteiger partial charge is 0.356 e. The lowest BCUT2D eigenvalue weighted by atomic mass is 10.1. The first kappa shape index (κ1) is 12.3. The van der Waals surface area contributed by atoms with Gasteiger partial charge in [0.1, 0.15) is 5.69 Å². The summed E-state index contributed by atoms with van der Waals surface area (Å²) >= 11 is 0. The number of carbonyl (C=O) groups is 1. The maximum Gasteiger partial charge on any atom is 0.356 e. The minimum Gasteiger partial charge on any atom is -0.461 e. The first-order valence-electron chi connectivity index (χ1n) is 5.76. The third-order valence-corrected chi connectivity index (χ3v) is 2.53. The summed E-state index contributed by atoms with van der Waals surface area (Å²) in [5.41, 5.74) is 8.58. The number of hydrogen-bond donors (Lipinski definition) is 2. The molecule has 1 heterocycles. The second-order valence-corrected chi connectivity index (χ2v) is 3.79. The maximum absolute atomic E-state index is 11.5. The van der Waals surface area contributed by atoms with Crippen LogP contribution in [-0.4, -0.2) is 22.8 Å². The van der Waals surface area contributed by atoms with Gasteiger partial charge >= 0.3 is 5.97 Å². The molecule has 0 saturated carbocycles. The topological polar surface area (TPSA) is 81.0 Å². The molecule has 2 aromatic rings. The highest BCUT2D eigenvalue weighted by Gasteiger charge is 2.11. The molecule has 0 saturated heterocycles. The van der Waals surface area contributed by atoms with Crippen LogP contribution in [-0.2, 0) is 11.3 Å². The Morgan fingerprint density at radius 1 is 1.44 bits per heavy atom. The molecule has 0 radical (unpaired) electrons. The molecule has 2 rings (SSSR count). The molecule has 3 N–H and O–H groups in total. The van der Waals surface area contributed by atoms with Crippen LogP contribution in [0.1, 0.15) is 23.0 Å². The molecule has 0 aliphatic carbocycles. The minimum absolute atomic E-state index is 0.343. The van der Waals surface area contributed by atoms with Crippen LogP contribution < -0.4 is 5.73 Å². The summed E-state index contributed by atoms with van der Waals surface area (Å²) in [6, 6.07) is 9.40. The first-order chi connectivity index (χ1) is 8.74. The van der Waals surface area contributed by atoms with E-state index in [1.165, 1.54) is 0 Å². The molecule has 0 spiro atoms. The zero-order valence-corrected chi connectivity index (χ0v) is 10.1. The summed E-state index contributed by atoms with van der Waals surface area (Å²) in [6.07, 6.45) is 0. The van der Waals surface area contributed by atoms with Crippen molar-refractivity contribution in [1.29, 1.82) is 0 Å². The maximum atomic E-state index is 11.5. The van der Waals surface area contributed by atoms with E-state index in [0.29, 0.717) is 24.5 Å². The molecule has 0 amide bonds. The number of nitrogens with zero attached hydrogens (tertiary/aromatic N) is 1. The van der Waals surface area contributed by atoms with Crippen LogP contribution in [0.2, 0.25) is 0 Å². The van der Waals surface area contributed by atoms with Crippen molar-refractivity contribution >= 4 is 5.97 Å². The number of hydrogen-bond acceptors (Lipinski definition) is 4. The number of benzene rings is 1. The van der Waals surface area contributed by atoms with Crippen molar-refractivity contribution in [2.45, 2.75) is 13.5 Å². The normalized spacial score (nSPS) is 10.3. The Balaban J connectivity index is 2.26. The van der Waals surface area contributed by atoms with Crippen LogP contribution >= 0.6 is 0 Å². The largest absolute Gasteiger partial charge is 0.461 e. The van der Waals surface area contributed by atoms with Gasteiger partial charge in [-0.3, -0.25) is 5.10 Å². The highest BCUT2D eigenvalue weighted by molar-refractivity contribution is 5.88. The molecule has 0 aliphatic heterocycles. The monoisotopic (exact) mass is 245 g/mol. The van der Waals surface area contributed by atoms with E-state index >= 15 is 0 Å². The van der Waals surface area contributed by atoms with Crippen LogP contribution in [0.25, 0.3) is 11.3 Å². The van der Waals surface area contributed by atoms with Gasteiger partial charge in [-0.25, -0.2) is 4.79 Å². The van der Waals surface area contributed by atoms with E-state index in [1.807, 2.05) is 24.3 Å². The third-order valence-electron chi connectivity index (χ3n) is 2.53. The Hall–Kier alpha value is -2.14. The number of nitrogens with two attached hydrogens (primary N) is 1. The van der Waals surface area contributed by atoms with Crippen molar-refractivity contribution in [2.75, 3.05) is 6.61 Å². The van der Waals surface area contributed by atoms with Crippen LogP contribution in [0, 0.1) is 0 Å². The van der Waals surface area contributed by atoms with Crippen molar-refractivity contribution in [1.82, 2.24) is 10.2 Å². The molecule has 0 bridgehead atoms. The number of carbonyl (C=O) groups excluding carboxylic acids is 1. The van der Waals surface area contributed by atoms with E-state index in [0.717, 1.165) is 11.1 Å². The molecule has 0 atom stereocenters. The van der Waals surface area contributed by atoms with E-state index in [4.69, 9.17) is 10.5 Å². The minimum atomic E-state index is -0.397. The second-order valence-electron chi connectivity index (χ2n) is 3.79. The Kier molecular flexibility index (Phi) is 3.74. The molecular formula is C13H15N3O2. The highest BCUT2D eigenvalue weighted by Crippen LogP contribution is 2.19. The van der Waals surface area contributed by atoms with Gasteiger partial charge in [0.2, 0.25) is 0 Å². The molecule has 94 valence electrons. The van der Waals surface area contributed by atoms with Crippen molar-refractivity contribution in [3.8, 4) is 11.3 Å². The lowest BCUT2D eigenvalue weighted by Crippen LogP contribution is -2.04. The van der Waals surface area contributed by atoms with Gasteiger partial charge in [0.25, 0.3) is 0 Å². The Bertz CT molecular complexity index is 549. The van der Waals surface area contributed by atoms with Gasteiger partial charge in [0, 0.05) is 12.1 Å². The first-order valence-corrected chi connectivity index (χ1v) is 5.76. The van der Waals surface area contributed by atoms with Gasteiger partial charge in [0.15, 0.2) is 0 Å². The van der Waals surface area contributed by atoms with E-state index in [-0.39, 0.29) is 0 Å². The van der Waals surface area contributed by atoms with E-state index in [2.05, 4.69) is 10.2 Å². The summed E-state index contributed by atoms with van der Waals surface area (Å²) in [7, 11) is 0. The standard InChI is InChI=1S/C13H15N3O2/c1-2-18-13(17)12-7-11(15-16-12)10-5-3-4-9(6-10)8-14/h3-7H,2,8,14H2,1H3,(H,15,16). The number of aromatic amines is 1. The Labute approximate surface area is 105 Å². The summed E-state index contributed by atoms with van der Waals surface area (Å²) in [5.74, 6) is -0.397. The third kappa shape index (κ3) is 2.57. The number of nitrogens with one attached hydrogen (secondary N) is 1. The second kappa shape index (κ2) is 5.46.